The monoisotopic (exact) mass is 963 g/mol. The smallest absolute Gasteiger partial charge is 0.200 e. The molecule has 3 aromatic heterocycles. The topological polar surface area (TPSA) is 37.2 Å². The van der Waals surface area contributed by atoms with E-state index in [0.29, 0.717) is 34.1 Å². The molecule has 0 aliphatic carbocycles. The molecule has 0 aliphatic heterocycles. The third kappa shape index (κ3) is 8.30. The Balaban J connectivity index is 0.988. The average Bonchev–Trinajstić information content (AvgIpc) is 3.86. The third-order valence-electron chi connectivity index (χ3n) is 11.8. The Kier molecular flexibility index (Phi) is 12.1. The molecule has 350 valence electrons. The number of hydrogen-bond acceptors (Lipinski definition) is 4. The van der Waals surface area contributed by atoms with Crippen molar-refractivity contribution in [2.45, 2.75) is 0 Å². The molecule has 10 rings (SSSR count). The van der Waals surface area contributed by atoms with Gasteiger partial charge < -0.3 is 14.4 Å². The summed E-state index contributed by atoms with van der Waals surface area (Å²) in [7, 11) is 0. The van der Waals surface area contributed by atoms with Crippen LogP contribution in [0.25, 0.3) is 50.5 Å². The Morgan fingerprint density at radius 3 is 0.845 bits per heavy atom. The lowest BCUT2D eigenvalue weighted by atomic mass is 10.0. The van der Waals surface area contributed by atoms with E-state index in [4.69, 9.17) is 0 Å². The number of hydrogen-bond donors (Lipinski definition) is 0. The fraction of sp³-hybridized carbons (Fsp3) is 0. The summed E-state index contributed by atoms with van der Waals surface area (Å²) in [6.07, 6.45) is 6.36. The molecule has 0 N–H and O–H groups in total. The highest BCUT2D eigenvalue weighted by atomic mass is 19.2. The van der Waals surface area contributed by atoms with Gasteiger partial charge in [-0.1, -0.05) is 66.7 Å². The molecule has 0 saturated carbocycles. The zero-order valence-corrected chi connectivity index (χ0v) is 36.4. The number of pyridine rings is 2. The second kappa shape index (κ2) is 18.8. The van der Waals surface area contributed by atoms with E-state index in [2.05, 4.69) is 14.5 Å². The second-order valence-corrected chi connectivity index (χ2v) is 15.9. The fourth-order valence-corrected chi connectivity index (χ4v) is 8.46. The Morgan fingerprint density at radius 2 is 0.535 bits per heavy atom. The maximum Gasteiger partial charge on any atom is 0.200 e. The highest BCUT2D eigenvalue weighted by Crippen LogP contribution is 2.42. The molecular formula is C56H31F10N5. The van der Waals surface area contributed by atoms with Crippen LogP contribution in [0, 0.1) is 58.2 Å². The number of rotatable bonds is 11. The van der Waals surface area contributed by atoms with Crippen LogP contribution in [0.5, 0.6) is 0 Å². The zero-order valence-electron chi connectivity index (χ0n) is 36.4. The molecule has 0 aliphatic rings. The maximum atomic E-state index is 14.8. The average molecular weight is 964 g/mol. The van der Waals surface area contributed by atoms with Gasteiger partial charge in [0.2, 0.25) is 11.6 Å². The van der Waals surface area contributed by atoms with Gasteiger partial charge >= 0.3 is 0 Å². The molecule has 0 unspecified atom stereocenters. The number of anilines is 6. The summed E-state index contributed by atoms with van der Waals surface area (Å²) >= 11 is 0. The number of para-hydroxylation sites is 1. The van der Waals surface area contributed by atoms with E-state index in [1.807, 2.05) is 101 Å². The lowest BCUT2D eigenvalue weighted by molar-refractivity contribution is 0.381. The van der Waals surface area contributed by atoms with E-state index in [0.717, 1.165) is 28.2 Å². The van der Waals surface area contributed by atoms with Crippen LogP contribution in [0.2, 0.25) is 0 Å². The molecule has 0 saturated heterocycles. The molecule has 71 heavy (non-hydrogen) atoms. The zero-order chi connectivity index (χ0) is 49.5. The summed E-state index contributed by atoms with van der Waals surface area (Å²) in [6, 6.07) is 47.1. The van der Waals surface area contributed by atoms with Gasteiger partial charge in [-0.2, -0.15) is 0 Å². The third-order valence-corrected chi connectivity index (χ3v) is 11.8. The van der Waals surface area contributed by atoms with Crippen molar-refractivity contribution in [3.63, 3.8) is 0 Å². The van der Waals surface area contributed by atoms with Crippen LogP contribution in [0.4, 0.5) is 78.0 Å². The molecule has 5 nitrogen and oxygen atoms in total. The number of halogens is 10. The molecule has 0 atom stereocenters. The minimum atomic E-state index is -2.24. The maximum absolute atomic E-state index is 14.8. The molecule has 10 aromatic rings. The van der Waals surface area contributed by atoms with Gasteiger partial charge in [0.05, 0.1) is 22.5 Å². The second-order valence-electron chi connectivity index (χ2n) is 15.9. The minimum Gasteiger partial charge on any atom is -0.310 e. The Labute approximate surface area is 398 Å². The lowest BCUT2D eigenvalue weighted by Crippen LogP contribution is -2.10. The molecule has 7 aromatic carbocycles. The molecule has 0 bridgehead atoms. The van der Waals surface area contributed by atoms with Crippen molar-refractivity contribution in [2.75, 3.05) is 9.80 Å². The van der Waals surface area contributed by atoms with E-state index in [-0.39, 0.29) is 11.1 Å². The van der Waals surface area contributed by atoms with Gasteiger partial charge in [-0.15, -0.1) is 0 Å². The quantitative estimate of drug-likeness (QED) is 0.0735. The van der Waals surface area contributed by atoms with Gasteiger partial charge in [0.15, 0.2) is 46.5 Å². The molecule has 3 heterocycles. The van der Waals surface area contributed by atoms with Gasteiger partial charge in [0.1, 0.15) is 0 Å². The molecule has 15 heteroatoms. The van der Waals surface area contributed by atoms with Crippen molar-refractivity contribution in [3.8, 4) is 50.5 Å². The SMILES string of the molecule is Fc1c(F)c(F)c(-c2ccc(N(c3ccncc3)c3ccc(-c4ccc(-c5ccc(N(c6ccncc6)c6ccc(-c7c(F)c(F)c(F)c(F)c7F)cc6)cc5)n4-c4ccccc4)cc3)cc2)c(F)c1F. The first-order chi connectivity index (χ1) is 34.4. The predicted molar refractivity (Wildman–Crippen MR) is 252 cm³/mol. The van der Waals surface area contributed by atoms with E-state index in [9.17, 15) is 43.9 Å². The molecule has 0 spiro atoms. The first-order valence-electron chi connectivity index (χ1n) is 21.5. The van der Waals surface area contributed by atoms with Crippen molar-refractivity contribution in [2.24, 2.45) is 0 Å². The van der Waals surface area contributed by atoms with E-state index >= 15 is 0 Å². The standard InChI is InChI=1S/C56H31F10N5/c57-47-45(48(58)52(62)55(65)51(47)61)34-10-18-39(19-11-34)69(41-24-28-67-29-25-41)37-14-6-32(7-15-37)43-22-23-44(71(43)36-4-2-1-3-5-36)33-8-16-38(17-9-33)70(42-26-30-68-31-27-42)40-20-12-35(13-21-40)46-49(59)53(63)56(66)54(64)50(46)60/h1-31H. The van der Waals surface area contributed by atoms with Gasteiger partial charge in [0.25, 0.3) is 0 Å². The summed E-state index contributed by atoms with van der Waals surface area (Å²) < 4.78 is 145. The minimum absolute atomic E-state index is 0.212. The van der Waals surface area contributed by atoms with Crippen molar-refractivity contribution < 1.29 is 43.9 Å². The van der Waals surface area contributed by atoms with E-state index < -0.39 is 69.3 Å². The fourth-order valence-electron chi connectivity index (χ4n) is 8.46. The van der Waals surface area contributed by atoms with Crippen LogP contribution in [-0.4, -0.2) is 14.5 Å². The highest BCUT2D eigenvalue weighted by Gasteiger charge is 2.29. The van der Waals surface area contributed by atoms with Crippen LogP contribution in [0.1, 0.15) is 0 Å². The highest BCUT2D eigenvalue weighted by molar-refractivity contribution is 5.83. The van der Waals surface area contributed by atoms with Gasteiger partial charge in [-0.25, -0.2) is 43.9 Å². The van der Waals surface area contributed by atoms with Crippen molar-refractivity contribution in [1.29, 1.82) is 0 Å². The normalized spacial score (nSPS) is 11.2. The summed E-state index contributed by atoms with van der Waals surface area (Å²) in [6.45, 7) is 0. The van der Waals surface area contributed by atoms with Gasteiger partial charge in [-0.3, -0.25) is 9.97 Å². The van der Waals surface area contributed by atoms with Crippen LogP contribution in [0.15, 0.2) is 189 Å². The molecular weight excluding hydrogens is 933 g/mol. The summed E-state index contributed by atoms with van der Waals surface area (Å²) in [5.74, 6) is -20.4. The number of nitrogens with zero attached hydrogens (tertiary/aromatic N) is 5. The van der Waals surface area contributed by atoms with Crippen molar-refractivity contribution in [1.82, 2.24) is 14.5 Å². The molecule has 0 radical (unpaired) electrons. The van der Waals surface area contributed by atoms with E-state index in [1.165, 1.54) is 48.5 Å². The summed E-state index contributed by atoms with van der Waals surface area (Å²) in [4.78, 5) is 11.9. The summed E-state index contributed by atoms with van der Waals surface area (Å²) in [5, 5.41) is 0. The first kappa shape index (κ1) is 45.8. The molecule has 0 amide bonds. The van der Waals surface area contributed by atoms with Crippen LogP contribution in [0.3, 0.4) is 0 Å². The predicted octanol–water partition coefficient (Wildman–Crippen LogP) is 16.3. The number of aromatic nitrogens is 3. The number of benzene rings is 7. The van der Waals surface area contributed by atoms with Crippen LogP contribution < -0.4 is 9.80 Å². The summed E-state index contributed by atoms with van der Waals surface area (Å²) in [5.41, 5.74) is 5.37. The Hall–Kier alpha value is -8.98. The molecule has 0 fully saturated rings. The van der Waals surface area contributed by atoms with E-state index in [1.54, 1.807) is 49.1 Å². The van der Waals surface area contributed by atoms with Crippen molar-refractivity contribution >= 4 is 34.1 Å². The van der Waals surface area contributed by atoms with Crippen molar-refractivity contribution in [3.05, 3.63) is 247 Å². The largest absolute Gasteiger partial charge is 0.310 e. The lowest BCUT2D eigenvalue weighted by Gasteiger charge is -2.26. The van der Waals surface area contributed by atoms with Gasteiger partial charge in [0, 0.05) is 64.6 Å². The Morgan fingerprint density at radius 1 is 0.268 bits per heavy atom. The first-order valence-corrected chi connectivity index (χ1v) is 21.5. The van der Waals surface area contributed by atoms with Gasteiger partial charge in [-0.05, 0) is 119 Å². The van der Waals surface area contributed by atoms with Crippen LogP contribution >= 0.6 is 0 Å². The Bertz CT molecular complexity index is 3280. The van der Waals surface area contributed by atoms with Crippen LogP contribution in [-0.2, 0) is 0 Å².